The minimum absolute atomic E-state index is 0.137. The summed E-state index contributed by atoms with van der Waals surface area (Å²) in [5.41, 5.74) is 3.50. The van der Waals surface area contributed by atoms with Gasteiger partial charge in [0.05, 0.1) is 6.26 Å². The quantitative estimate of drug-likeness (QED) is 0.566. The maximum atomic E-state index is 5.66. The fraction of sp³-hybridized carbons (Fsp3) is 0.0952. The van der Waals surface area contributed by atoms with Crippen LogP contribution in [0.15, 0.2) is 88.9 Å². The second-order valence-electron chi connectivity index (χ2n) is 5.85. The van der Waals surface area contributed by atoms with Gasteiger partial charge in [-0.15, -0.1) is 11.3 Å². The number of thiazole rings is 1. The summed E-state index contributed by atoms with van der Waals surface area (Å²) >= 11 is 1.69. The molecule has 0 radical (unpaired) electrons. The summed E-state index contributed by atoms with van der Waals surface area (Å²) in [6.07, 6.45) is 1.73. The number of rotatable bonds is 6. The van der Waals surface area contributed by atoms with Crippen LogP contribution < -0.4 is 5.32 Å². The van der Waals surface area contributed by atoms with Crippen LogP contribution in [-0.4, -0.2) is 4.98 Å². The molecule has 2 N–H and O–H groups in total. The highest BCUT2D eigenvalue weighted by atomic mass is 32.1. The lowest BCUT2D eigenvalue weighted by atomic mass is 10.0. The van der Waals surface area contributed by atoms with E-state index in [4.69, 9.17) is 9.40 Å². The molecule has 4 heteroatoms. The Labute approximate surface area is 151 Å². The number of hydrogen-bond donors (Lipinski definition) is 1. The summed E-state index contributed by atoms with van der Waals surface area (Å²) in [6, 6.07) is 24.9. The van der Waals surface area contributed by atoms with E-state index in [1.807, 2.05) is 36.4 Å². The van der Waals surface area contributed by atoms with Crippen molar-refractivity contribution in [1.29, 1.82) is 0 Å². The number of hydrogen-bond acceptors (Lipinski definition) is 3. The first-order chi connectivity index (χ1) is 12.4. The summed E-state index contributed by atoms with van der Waals surface area (Å²) in [4.78, 5) is 4.78. The van der Waals surface area contributed by atoms with E-state index in [1.54, 1.807) is 17.6 Å². The van der Waals surface area contributed by atoms with E-state index in [-0.39, 0.29) is 6.04 Å². The monoisotopic (exact) mass is 347 g/mol. The van der Waals surface area contributed by atoms with Crippen molar-refractivity contribution < 1.29 is 9.73 Å². The van der Waals surface area contributed by atoms with Crippen molar-refractivity contribution in [2.45, 2.75) is 12.6 Å². The highest BCUT2D eigenvalue weighted by Crippen LogP contribution is 2.23. The second kappa shape index (κ2) is 7.47. The van der Waals surface area contributed by atoms with Gasteiger partial charge in [0.2, 0.25) is 0 Å². The normalized spacial score (nSPS) is 12.2. The number of nitrogens with zero attached hydrogens (tertiary/aromatic N) is 1. The van der Waals surface area contributed by atoms with Gasteiger partial charge in [-0.1, -0.05) is 60.7 Å². The van der Waals surface area contributed by atoms with Gasteiger partial charge in [0, 0.05) is 16.5 Å². The van der Waals surface area contributed by atoms with Crippen LogP contribution in [0, 0.1) is 0 Å². The molecule has 0 unspecified atom stereocenters. The second-order valence-corrected chi connectivity index (χ2v) is 6.71. The molecule has 2 aromatic carbocycles. The standard InChI is InChI=1S/C21H18N2OS/c1-3-8-16(9-4-1)20(19-12-7-13-24-19)22-14-18-15-25-21(23-18)17-10-5-2-6-11-17/h1-13,15,20,22H,14H2/p+1/t20-/m1/s1. The summed E-state index contributed by atoms with van der Waals surface area (Å²) in [7, 11) is 0. The van der Waals surface area contributed by atoms with Crippen molar-refractivity contribution >= 4 is 11.3 Å². The molecule has 0 aliphatic carbocycles. The Morgan fingerprint density at radius 3 is 2.40 bits per heavy atom. The van der Waals surface area contributed by atoms with Crippen molar-refractivity contribution in [2.24, 2.45) is 0 Å². The van der Waals surface area contributed by atoms with Crippen LogP contribution in [0.25, 0.3) is 10.6 Å². The van der Waals surface area contributed by atoms with Gasteiger partial charge in [0.1, 0.15) is 17.2 Å². The molecule has 124 valence electrons. The molecule has 3 nitrogen and oxygen atoms in total. The van der Waals surface area contributed by atoms with Gasteiger partial charge in [-0.25, -0.2) is 4.98 Å². The van der Waals surface area contributed by atoms with Crippen LogP contribution in [0.1, 0.15) is 23.1 Å². The van der Waals surface area contributed by atoms with E-state index in [0.717, 1.165) is 23.0 Å². The molecular weight excluding hydrogens is 328 g/mol. The molecular formula is C21H19N2OS+. The molecule has 4 rings (SSSR count). The molecule has 0 aliphatic heterocycles. The minimum atomic E-state index is 0.137. The molecule has 0 saturated heterocycles. The van der Waals surface area contributed by atoms with Crippen molar-refractivity contribution in [2.75, 3.05) is 0 Å². The van der Waals surface area contributed by atoms with Gasteiger partial charge in [-0.2, -0.15) is 0 Å². The molecule has 2 heterocycles. The number of benzene rings is 2. The molecule has 0 spiro atoms. The van der Waals surface area contributed by atoms with E-state index >= 15 is 0 Å². The van der Waals surface area contributed by atoms with Gasteiger partial charge in [0.15, 0.2) is 11.8 Å². The van der Waals surface area contributed by atoms with Crippen molar-refractivity contribution in [1.82, 2.24) is 4.98 Å². The highest BCUT2D eigenvalue weighted by Gasteiger charge is 2.20. The fourth-order valence-corrected chi connectivity index (χ4v) is 3.74. The number of nitrogens with two attached hydrogens (primary N) is 1. The molecule has 0 saturated carbocycles. The van der Waals surface area contributed by atoms with Crippen LogP contribution in [-0.2, 0) is 6.54 Å². The third-order valence-corrected chi connectivity index (χ3v) is 5.08. The first kappa shape index (κ1) is 15.8. The predicted molar refractivity (Wildman–Crippen MR) is 100 cm³/mol. The number of aromatic nitrogens is 1. The van der Waals surface area contributed by atoms with Crippen LogP contribution in [0.3, 0.4) is 0 Å². The Morgan fingerprint density at radius 2 is 1.68 bits per heavy atom. The van der Waals surface area contributed by atoms with Gasteiger partial charge in [0.25, 0.3) is 0 Å². The zero-order chi connectivity index (χ0) is 16.9. The predicted octanol–water partition coefficient (Wildman–Crippen LogP) is 4.26. The molecule has 0 fully saturated rings. The molecule has 0 amide bonds. The van der Waals surface area contributed by atoms with Crippen LogP contribution in [0.4, 0.5) is 0 Å². The zero-order valence-corrected chi connectivity index (χ0v) is 14.5. The Morgan fingerprint density at radius 1 is 0.920 bits per heavy atom. The van der Waals surface area contributed by atoms with Gasteiger partial charge < -0.3 is 9.73 Å². The van der Waals surface area contributed by atoms with E-state index < -0.39 is 0 Å². The lowest BCUT2D eigenvalue weighted by Crippen LogP contribution is -2.83. The van der Waals surface area contributed by atoms with Crippen LogP contribution in [0.2, 0.25) is 0 Å². The lowest BCUT2D eigenvalue weighted by Gasteiger charge is -2.13. The number of quaternary nitrogens is 1. The van der Waals surface area contributed by atoms with Gasteiger partial charge in [-0.3, -0.25) is 0 Å². The van der Waals surface area contributed by atoms with Crippen molar-refractivity contribution in [3.05, 3.63) is 101 Å². The summed E-state index contributed by atoms with van der Waals surface area (Å²) in [6.45, 7) is 0.809. The van der Waals surface area contributed by atoms with E-state index in [2.05, 4.69) is 47.1 Å². The van der Waals surface area contributed by atoms with Gasteiger partial charge in [-0.05, 0) is 12.1 Å². The average molecular weight is 347 g/mol. The summed E-state index contributed by atoms with van der Waals surface area (Å²) in [5, 5.41) is 5.49. The Bertz CT molecular complexity index is 902. The van der Waals surface area contributed by atoms with Crippen molar-refractivity contribution in [3.8, 4) is 10.6 Å². The Hall–Kier alpha value is -2.69. The number of furan rings is 1. The average Bonchev–Trinajstić information content (AvgIpc) is 3.36. The summed E-state index contributed by atoms with van der Waals surface area (Å²) < 4.78 is 5.66. The smallest absolute Gasteiger partial charge is 0.170 e. The van der Waals surface area contributed by atoms with E-state index in [1.165, 1.54) is 11.1 Å². The van der Waals surface area contributed by atoms with E-state index in [0.29, 0.717) is 0 Å². The topological polar surface area (TPSA) is 42.6 Å². The third kappa shape index (κ3) is 3.71. The highest BCUT2D eigenvalue weighted by molar-refractivity contribution is 7.13. The Kier molecular flexibility index (Phi) is 4.72. The first-order valence-electron chi connectivity index (χ1n) is 8.31. The Balaban J connectivity index is 1.51. The molecule has 4 aromatic rings. The van der Waals surface area contributed by atoms with E-state index in [9.17, 15) is 0 Å². The molecule has 0 aliphatic rings. The molecule has 25 heavy (non-hydrogen) atoms. The lowest BCUT2D eigenvalue weighted by molar-refractivity contribution is -0.704. The SMILES string of the molecule is c1ccc(-c2nc(C[NH2+][C@H](c3ccccc3)c3ccco3)cs2)cc1. The van der Waals surface area contributed by atoms with Gasteiger partial charge >= 0.3 is 0 Å². The molecule has 2 aromatic heterocycles. The largest absolute Gasteiger partial charge is 0.463 e. The molecule has 1 atom stereocenters. The minimum Gasteiger partial charge on any atom is -0.463 e. The molecule has 0 bridgehead atoms. The zero-order valence-electron chi connectivity index (χ0n) is 13.7. The van der Waals surface area contributed by atoms with Crippen molar-refractivity contribution in [3.63, 3.8) is 0 Å². The maximum absolute atomic E-state index is 5.66. The fourth-order valence-electron chi connectivity index (χ4n) is 2.90. The van der Waals surface area contributed by atoms with Crippen LogP contribution in [0.5, 0.6) is 0 Å². The summed E-state index contributed by atoms with van der Waals surface area (Å²) in [5.74, 6) is 0.963. The third-order valence-electron chi connectivity index (χ3n) is 4.14. The first-order valence-corrected chi connectivity index (χ1v) is 9.19. The van der Waals surface area contributed by atoms with Crippen LogP contribution >= 0.6 is 11.3 Å². The maximum Gasteiger partial charge on any atom is 0.170 e.